The molecule has 0 aromatic heterocycles. The molecule has 0 aliphatic carbocycles. The molecular formula is C23H40IN5O. The summed E-state index contributed by atoms with van der Waals surface area (Å²) in [5.41, 5.74) is 2.58. The average molecular weight is 530 g/mol. The summed E-state index contributed by atoms with van der Waals surface area (Å²) in [7, 11) is 1.85. The molecule has 2 aliphatic rings. The van der Waals surface area contributed by atoms with Gasteiger partial charge >= 0.3 is 0 Å². The van der Waals surface area contributed by atoms with Crippen molar-refractivity contribution in [3.05, 3.63) is 35.4 Å². The number of piperazine rings is 1. The van der Waals surface area contributed by atoms with Crippen molar-refractivity contribution in [1.82, 2.24) is 20.4 Å². The highest BCUT2D eigenvalue weighted by Crippen LogP contribution is 2.33. The van der Waals surface area contributed by atoms with Crippen LogP contribution in [0.25, 0.3) is 0 Å². The van der Waals surface area contributed by atoms with E-state index in [-0.39, 0.29) is 30.1 Å². The van der Waals surface area contributed by atoms with Crippen molar-refractivity contribution in [3.8, 4) is 0 Å². The molecule has 2 unspecified atom stereocenters. The molecule has 3 rings (SSSR count). The highest BCUT2D eigenvalue weighted by Gasteiger charge is 2.27. The Hall–Kier alpha value is -0.900. The van der Waals surface area contributed by atoms with Gasteiger partial charge in [0, 0.05) is 65.4 Å². The molecule has 0 radical (unpaired) electrons. The third-order valence-electron chi connectivity index (χ3n) is 6.24. The van der Waals surface area contributed by atoms with Crippen LogP contribution in [0.2, 0.25) is 0 Å². The molecule has 6 nitrogen and oxygen atoms in total. The van der Waals surface area contributed by atoms with Crippen molar-refractivity contribution >= 4 is 29.9 Å². The van der Waals surface area contributed by atoms with E-state index in [0.717, 1.165) is 45.2 Å². The van der Waals surface area contributed by atoms with Gasteiger partial charge in [-0.1, -0.05) is 36.8 Å². The van der Waals surface area contributed by atoms with E-state index in [1.54, 1.807) is 0 Å². The van der Waals surface area contributed by atoms with Gasteiger partial charge in [-0.2, -0.15) is 0 Å². The van der Waals surface area contributed by atoms with E-state index in [2.05, 4.69) is 63.5 Å². The predicted molar refractivity (Wildman–Crippen MR) is 136 cm³/mol. The van der Waals surface area contributed by atoms with Gasteiger partial charge in [-0.3, -0.25) is 9.89 Å². The molecule has 2 fully saturated rings. The maximum absolute atomic E-state index is 6.15. The topological polar surface area (TPSA) is 52.1 Å². The largest absolute Gasteiger partial charge is 0.373 e. The smallest absolute Gasteiger partial charge is 0.191 e. The number of aliphatic imine (C=N–C) groups is 1. The summed E-state index contributed by atoms with van der Waals surface area (Å²) in [6, 6.07) is 8.78. The van der Waals surface area contributed by atoms with Crippen LogP contribution in [0.15, 0.2) is 29.3 Å². The Labute approximate surface area is 199 Å². The number of hydrogen-bond acceptors (Lipinski definition) is 4. The standard InChI is InChI=1S/C23H39N5O.HI/c1-4-27-13-15-28(16-14-27)12-11-25-23(24-3)26-18-21-6-5-17-29-22(21)20-9-7-19(2)8-10-20;/h7-10,21-22H,4-6,11-18H2,1-3H3,(H2,24,25,26);1H. The Balaban J connectivity index is 0.00000320. The van der Waals surface area contributed by atoms with Crippen molar-refractivity contribution in [2.75, 3.05) is 66.0 Å². The Morgan fingerprint density at radius 1 is 1.10 bits per heavy atom. The quantitative estimate of drug-likeness (QED) is 0.323. The molecule has 2 N–H and O–H groups in total. The highest BCUT2D eigenvalue weighted by atomic mass is 127. The van der Waals surface area contributed by atoms with E-state index in [1.165, 1.54) is 43.7 Å². The zero-order chi connectivity index (χ0) is 20.5. The molecule has 1 aromatic carbocycles. The second-order valence-electron chi connectivity index (χ2n) is 8.26. The van der Waals surface area contributed by atoms with E-state index >= 15 is 0 Å². The van der Waals surface area contributed by atoms with E-state index < -0.39 is 0 Å². The molecule has 2 heterocycles. The Kier molecular flexibility index (Phi) is 11.4. The number of halogens is 1. The summed E-state index contributed by atoms with van der Waals surface area (Å²) < 4.78 is 6.15. The minimum atomic E-state index is 0. The van der Waals surface area contributed by atoms with E-state index in [1.807, 2.05) is 7.05 Å². The molecular weight excluding hydrogens is 489 g/mol. The summed E-state index contributed by atoms with van der Waals surface area (Å²) in [4.78, 5) is 9.47. The molecule has 7 heteroatoms. The maximum Gasteiger partial charge on any atom is 0.191 e. The van der Waals surface area contributed by atoms with Gasteiger partial charge in [-0.25, -0.2) is 0 Å². The number of rotatable bonds is 7. The van der Waals surface area contributed by atoms with Crippen LogP contribution >= 0.6 is 24.0 Å². The highest BCUT2D eigenvalue weighted by molar-refractivity contribution is 14.0. The van der Waals surface area contributed by atoms with Gasteiger partial charge in [0.05, 0.1) is 6.10 Å². The SMILES string of the molecule is CCN1CCN(CCNC(=NC)NCC2CCCOC2c2ccc(C)cc2)CC1.I. The van der Waals surface area contributed by atoms with Crippen LogP contribution in [0.5, 0.6) is 0 Å². The Morgan fingerprint density at radius 3 is 2.47 bits per heavy atom. The number of hydrogen-bond donors (Lipinski definition) is 2. The first-order valence-electron chi connectivity index (χ1n) is 11.3. The first kappa shape index (κ1) is 25.4. The first-order valence-corrected chi connectivity index (χ1v) is 11.3. The second-order valence-corrected chi connectivity index (χ2v) is 8.26. The van der Waals surface area contributed by atoms with Gasteiger partial charge in [0.1, 0.15) is 0 Å². The lowest BCUT2D eigenvalue weighted by atomic mass is 9.89. The molecule has 0 spiro atoms. The third kappa shape index (κ3) is 7.66. The van der Waals surface area contributed by atoms with Gasteiger partial charge in [-0.15, -0.1) is 24.0 Å². The molecule has 1 aromatic rings. The lowest BCUT2D eigenvalue weighted by molar-refractivity contribution is -0.0265. The normalized spacial score (nSPS) is 23.6. The van der Waals surface area contributed by atoms with Crippen LogP contribution in [0, 0.1) is 12.8 Å². The fourth-order valence-electron chi connectivity index (χ4n) is 4.29. The average Bonchev–Trinajstić information content (AvgIpc) is 2.77. The Bertz CT molecular complexity index is 631. The monoisotopic (exact) mass is 529 g/mol. The summed E-state index contributed by atoms with van der Waals surface area (Å²) in [5, 5.41) is 7.02. The van der Waals surface area contributed by atoms with Crippen molar-refractivity contribution in [2.45, 2.75) is 32.8 Å². The summed E-state index contributed by atoms with van der Waals surface area (Å²) in [5.74, 6) is 1.36. The van der Waals surface area contributed by atoms with Crippen molar-refractivity contribution in [2.24, 2.45) is 10.9 Å². The number of ether oxygens (including phenoxy) is 1. The van der Waals surface area contributed by atoms with Crippen LogP contribution < -0.4 is 10.6 Å². The van der Waals surface area contributed by atoms with Crippen LogP contribution in [0.3, 0.4) is 0 Å². The molecule has 30 heavy (non-hydrogen) atoms. The fraction of sp³-hybridized carbons (Fsp3) is 0.696. The lowest BCUT2D eigenvalue weighted by Crippen LogP contribution is -2.49. The number of nitrogens with zero attached hydrogens (tertiary/aromatic N) is 3. The Morgan fingerprint density at radius 2 is 1.80 bits per heavy atom. The lowest BCUT2D eigenvalue weighted by Gasteiger charge is -2.34. The molecule has 0 amide bonds. The van der Waals surface area contributed by atoms with Crippen molar-refractivity contribution in [1.29, 1.82) is 0 Å². The van der Waals surface area contributed by atoms with Gasteiger partial charge in [0.15, 0.2) is 5.96 Å². The number of aryl methyl sites for hydroxylation is 1. The van der Waals surface area contributed by atoms with Crippen molar-refractivity contribution < 1.29 is 4.74 Å². The number of likely N-dealkylation sites (N-methyl/N-ethyl adjacent to an activating group) is 1. The summed E-state index contributed by atoms with van der Waals surface area (Å²) in [6.45, 7) is 14.0. The molecule has 2 saturated heterocycles. The number of benzene rings is 1. The van der Waals surface area contributed by atoms with Gasteiger partial charge in [0.25, 0.3) is 0 Å². The molecule has 0 saturated carbocycles. The van der Waals surface area contributed by atoms with E-state index in [9.17, 15) is 0 Å². The van der Waals surface area contributed by atoms with E-state index in [0.29, 0.717) is 5.92 Å². The number of nitrogens with one attached hydrogen (secondary N) is 2. The zero-order valence-corrected chi connectivity index (χ0v) is 21.2. The molecule has 2 aliphatic heterocycles. The molecule has 2 atom stereocenters. The van der Waals surface area contributed by atoms with Crippen LogP contribution in [0.4, 0.5) is 0 Å². The molecule has 0 bridgehead atoms. The predicted octanol–water partition coefficient (Wildman–Crippen LogP) is 2.88. The van der Waals surface area contributed by atoms with E-state index in [4.69, 9.17) is 4.74 Å². The van der Waals surface area contributed by atoms with Gasteiger partial charge in [-0.05, 0) is 31.9 Å². The number of guanidine groups is 1. The van der Waals surface area contributed by atoms with Gasteiger partial charge in [0.2, 0.25) is 0 Å². The van der Waals surface area contributed by atoms with Crippen LogP contribution in [-0.4, -0.2) is 81.8 Å². The van der Waals surface area contributed by atoms with Gasteiger partial charge < -0.3 is 20.3 Å². The minimum Gasteiger partial charge on any atom is -0.373 e. The summed E-state index contributed by atoms with van der Waals surface area (Å²) >= 11 is 0. The zero-order valence-electron chi connectivity index (χ0n) is 18.9. The van der Waals surface area contributed by atoms with Crippen LogP contribution in [0.1, 0.15) is 37.0 Å². The second kappa shape index (κ2) is 13.5. The fourth-order valence-corrected chi connectivity index (χ4v) is 4.29. The third-order valence-corrected chi connectivity index (χ3v) is 6.24. The minimum absolute atomic E-state index is 0. The molecule has 170 valence electrons. The summed E-state index contributed by atoms with van der Waals surface area (Å²) in [6.07, 6.45) is 2.49. The first-order chi connectivity index (χ1) is 14.2. The van der Waals surface area contributed by atoms with Crippen molar-refractivity contribution in [3.63, 3.8) is 0 Å². The van der Waals surface area contributed by atoms with Crippen LogP contribution in [-0.2, 0) is 4.74 Å². The maximum atomic E-state index is 6.15.